The lowest BCUT2D eigenvalue weighted by molar-refractivity contribution is -0.0380. The standard InChI is InChI=1S/C17H21N3O2/c1-3-13(2)17-18-16(19-22-17)15-12-20(9-10-21-15)11-14-7-5-4-6-8-14/h3-8,15H,9-12H2,1-2H3. The number of rotatable bonds is 4. The summed E-state index contributed by atoms with van der Waals surface area (Å²) in [7, 11) is 0. The van der Waals surface area contributed by atoms with Gasteiger partial charge in [0.05, 0.1) is 6.61 Å². The number of morpholine rings is 1. The minimum atomic E-state index is -0.125. The molecule has 1 atom stereocenters. The Morgan fingerprint density at radius 3 is 2.95 bits per heavy atom. The molecule has 5 heteroatoms. The monoisotopic (exact) mass is 299 g/mol. The van der Waals surface area contributed by atoms with Crippen molar-refractivity contribution < 1.29 is 9.26 Å². The van der Waals surface area contributed by atoms with Crippen LogP contribution in [0.15, 0.2) is 40.9 Å². The first-order valence-electron chi connectivity index (χ1n) is 7.61. The highest BCUT2D eigenvalue weighted by molar-refractivity contribution is 5.54. The van der Waals surface area contributed by atoms with E-state index in [1.165, 1.54) is 5.56 Å². The van der Waals surface area contributed by atoms with Crippen molar-refractivity contribution in [1.82, 2.24) is 15.0 Å². The smallest absolute Gasteiger partial charge is 0.253 e. The normalized spacial score (nSPS) is 20.3. The molecule has 22 heavy (non-hydrogen) atoms. The predicted molar refractivity (Wildman–Crippen MR) is 84.0 cm³/mol. The van der Waals surface area contributed by atoms with Gasteiger partial charge in [-0.1, -0.05) is 41.6 Å². The number of ether oxygens (including phenoxy) is 1. The maximum Gasteiger partial charge on any atom is 0.253 e. The van der Waals surface area contributed by atoms with Crippen LogP contribution < -0.4 is 0 Å². The van der Waals surface area contributed by atoms with Crippen LogP contribution in [0, 0.1) is 0 Å². The van der Waals surface area contributed by atoms with E-state index in [0.29, 0.717) is 18.3 Å². The van der Waals surface area contributed by atoms with E-state index in [-0.39, 0.29) is 6.10 Å². The van der Waals surface area contributed by atoms with E-state index < -0.39 is 0 Å². The third-order valence-electron chi connectivity index (χ3n) is 3.90. The molecule has 5 nitrogen and oxygen atoms in total. The van der Waals surface area contributed by atoms with Crippen molar-refractivity contribution >= 4 is 5.57 Å². The van der Waals surface area contributed by atoms with Crippen molar-refractivity contribution in [2.75, 3.05) is 19.7 Å². The minimum Gasteiger partial charge on any atom is -0.367 e. The quantitative estimate of drug-likeness (QED) is 0.868. The summed E-state index contributed by atoms with van der Waals surface area (Å²) in [4.78, 5) is 6.81. The molecular formula is C17H21N3O2. The molecule has 0 bridgehead atoms. The van der Waals surface area contributed by atoms with Crippen LogP contribution in [-0.4, -0.2) is 34.7 Å². The Hall–Kier alpha value is -1.98. The second-order valence-electron chi connectivity index (χ2n) is 5.51. The molecule has 2 heterocycles. The molecule has 3 rings (SSSR count). The molecule has 1 fully saturated rings. The second-order valence-corrected chi connectivity index (χ2v) is 5.51. The number of hydrogen-bond acceptors (Lipinski definition) is 5. The Labute approximate surface area is 130 Å². The molecule has 0 amide bonds. The fourth-order valence-corrected chi connectivity index (χ4v) is 2.49. The summed E-state index contributed by atoms with van der Waals surface area (Å²) in [5.74, 6) is 1.20. The van der Waals surface area contributed by atoms with Gasteiger partial charge in [-0.3, -0.25) is 4.90 Å². The van der Waals surface area contributed by atoms with Crippen molar-refractivity contribution in [2.24, 2.45) is 0 Å². The van der Waals surface area contributed by atoms with Gasteiger partial charge in [-0.05, 0) is 19.4 Å². The summed E-state index contributed by atoms with van der Waals surface area (Å²) >= 11 is 0. The number of hydrogen-bond donors (Lipinski definition) is 0. The van der Waals surface area contributed by atoms with Crippen LogP contribution in [0.3, 0.4) is 0 Å². The number of nitrogens with zero attached hydrogens (tertiary/aromatic N) is 3. The van der Waals surface area contributed by atoms with Crippen molar-refractivity contribution in [3.05, 3.63) is 53.7 Å². The van der Waals surface area contributed by atoms with Gasteiger partial charge >= 0.3 is 0 Å². The van der Waals surface area contributed by atoms with Gasteiger partial charge in [-0.25, -0.2) is 0 Å². The zero-order chi connectivity index (χ0) is 15.4. The molecule has 1 saturated heterocycles. The highest BCUT2D eigenvalue weighted by atomic mass is 16.5. The number of aromatic nitrogens is 2. The molecule has 0 radical (unpaired) electrons. The maximum atomic E-state index is 5.81. The summed E-state index contributed by atoms with van der Waals surface area (Å²) in [5.41, 5.74) is 2.29. The first-order valence-corrected chi connectivity index (χ1v) is 7.61. The number of allylic oxidation sites excluding steroid dienone is 2. The fourth-order valence-electron chi connectivity index (χ4n) is 2.49. The summed E-state index contributed by atoms with van der Waals surface area (Å²) < 4.78 is 11.1. The van der Waals surface area contributed by atoms with Crippen LogP contribution in [0.5, 0.6) is 0 Å². The first kappa shape index (κ1) is 14.9. The van der Waals surface area contributed by atoms with Gasteiger partial charge in [0, 0.05) is 25.2 Å². The zero-order valence-electron chi connectivity index (χ0n) is 13.0. The lowest BCUT2D eigenvalue weighted by Gasteiger charge is -2.31. The van der Waals surface area contributed by atoms with Gasteiger partial charge in [0.25, 0.3) is 5.89 Å². The van der Waals surface area contributed by atoms with E-state index in [1.54, 1.807) is 0 Å². The van der Waals surface area contributed by atoms with Crippen molar-refractivity contribution in [2.45, 2.75) is 26.5 Å². The van der Waals surface area contributed by atoms with E-state index in [4.69, 9.17) is 9.26 Å². The molecule has 1 aromatic carbocycles. The summed E-state index contributed by atoms with van der Waals surface area (Å²) in [6.45, 7) is 7.22. The molecule has 1 unspecified atom stereocenters. The average Bonchev–Trinajstić information content (AvgIpc) is 3.05. The Morgan fingerprint density at radius 1 is 1.36 bits per heavy atom. The summed E-state index contributed by atoms with van der Waals surface area (Å²) in [6.07, 6.45) is 1.83. The predicted octanol–water partition coefficient (Wildman–Crippen LogP) is 3.07. The molecular weight excluding hydrogens is 278 g/mol. The third kappa shape index (κ3) is 3.43. The number of benzene rings is 1. The van der Waals surface area contributed by atoms with Crippen molar-refractivity contribution in [3.8, 4) is 0 Å². The molecule has 0 N–H and O–H groups in total. The van der Waals surface area contributed by atoms with Crippen molar-refractivity contribution in [3.63, 3.8) is 0 Å². The van der Waals surface area contributed by atoms with E-state index in [2.05, 4.69) is 39.3 Å². The Kier molecular flexibility index (Phi) is 4.65. The SMILES string of the molecule is CC=C(C)c1nc(C2CN(Cc3ccccc3)CCO2)no1. The molecule has 116 valence electrons. The van der Waals surface area contributed by atoms with Crippen LogP contribution >= 0.6 is 0 Å². The van der Waals surface area contributed by atoms with Crippen LogP contribution in [-0.2, 0) is 11.3 Å². The van der Waals surface area contributed by atoms with Crippen LogP contribution in [0.4, 0.5) is 0 Å². The molecule has 1 aliphatic heterocycles. The summed E-state index contributed by atoms with van der Waals surface area (Å²) in [6, 6.07) is 10.5. The van der Waals surface area contributed by atoms with E-state index in [9.17, 15) is 0 Å². The Morgan fingerprint density at radius 2 is 2.18 bits per heavy atom. The highest BCUT2D eigenvalue weighted by Gasteiger charge is 2.26. The van der Waals surface area contributed by atoms with Crippen LogP contribution in [0.1, 0.15) is 37.2 Å². The average molecular weight is 299 g/mol. The van der Waals surface area contributed by atoms with E-state index in [1.807, 2.05) is 26.0 Å². The van der Waals surface area contributed by atoms with Gasteiger partial charge < -0.3 is 9.26 Å². The molecule has 1 aromatic heterocycles. The minimum absolute atomic E-state index is 0.125. The second kappa shape index (κ2) is 6.85. The molecule has 1 aliphatic rings. The van der Waals surface area contributed by atoms with E-state index in [0.717, 1.165) is 25.2 Å². The third-order valence-corrected chi connectivity index (χ3v) is 3.90. The lowest BCUT2D eigenvalue weighted by atomic mass is 10.2. The van der Waals surface area contributed by atoms with Crippen LogP contribution in [0.2, 0.25) is 0 Å². The molecule has 2 aromatic rings. The fraction of sp³-hybridized carbons (Fsp3) is 0.412. The Bertz CT molecular complexity index is 636. The maximum absolute atomic E-state index is 5.81. The van der Waals surface area contributed by atoms with E-state index >= 15 is 0 Å². The highest BCUT2D eigenvalue weighted by Crippen LogP contribution is 2.22. The molecule has 0 spiro atoms. The molecule has 0 saturated carbocycles. The van der Waals surface area contributed by atoms with Gasteiger partial charge in [-0.2, -0.15) is 4.98 Å². The van der Waals surface area contributed by atoms with Gasteiger partial charge in [0.2, 0.25) is 5.82 Å². The zero-order valence-corrected chi connectivity index (χ0v) is 13.0. The summed E-state index contributed by atoms with van der Waals surface area (Å²) in [5, 5.41) is 4.07. The van der Waals surface area contributed by atoms with Crippen LogP contribution in [0.25, 0.3) is 5.57 Å². The van der Waals surface area contributed by atoms with Gasteiger partial charge in [0.1, 0.15) is 6.10 Å². The van der Waals surface area contributed by atoms with Gasteiger partial charge in [0.15, 0.2) is 0 Å². The topological polar surface area (TPSA) is 51.4 Å². The van der Waals surface area contributed by atoms with Gasteiger partial charge in [-0.15, -0.1) is 0 Å². The first-order chi connectivity index (χ1) is 10.8. The Balaban J connectivity index is 1.66. The largest absolute Gasteiger partial charge is 0.367 e. The van der Waals surface area contributed by atoms with Crippen molar-refractivity contribution in [1.29, 1.82) is 0 Å². The molecule has 0 aliphatic carbocycles. The lowest BCUT2D eigenvalue weighted by Crippen LogP contribution is -2.38.